The maximum Gasteiger partial charge on any atom is 0.324 e. The van der Waals surface area contributed by atoms with Crippen molar-refractivity contribution >= 4 is 22.8 Å². The summed E-state index contributed by atoms with van der Waals surface area (Å²) in [7, 11) is 0. The highest BCUT2D eigenvalue weighted by Gasteiger charge is 2.30. The molecule has 2 rings (SSSR count). The molecule has 0 saturated carbocycles. The van der Waals surface area contributed by atoms with Gasteiger partial charge in [0.2, 0.25) is 0 Å². The van der Waals surface area contributed by atoms with Crippen LogP contribution in [0, 0.1) is 35.6 Å². The van der Waals surface area contributed by atoms with Crippen LogP contribution in [0.25, 0.3) is 0 Å². The number of non-ortho nitro benzene ring substituents is 1. The molecule has 0 saturated heterocycles. The van der Waals surface area contributed by atoms with Crippen LogP contribution in [0.3, 0.4) is 0 Å². The summed E-state index contributed by atoms with van der Waals surface area (Å²) < 4.78 is 0.608. The Hall–Kier alpha value is -4.16. The molecule has 1 aromatic heterocycles. The van der Waals surface area contributed by atoms with E-state index in [-0.39, 0.29) is 5.78 Å². The minimum Gasteiger partial charge on any atom is -0.619 e. The van der Waals surface area contributed by atoms with E-state index in [0.29, 0.717) is 22.4 Å². The zero-order valence-corrected chi connectivity index (χ0v) is 13.0. The molecule has 26 heavy (non-hydrogen) atoms. The molecule has 1 N–H and O–H groups in total. The number of aromatic hydroxyl groups is 1. The van der Waals surface area contributed by atoms with Crippen LogP contribution in [-0.4, -0.2) is 25.7 Å². The van der Waals surface area contributed by atoms with Crippen molar-refractivity contribution in [3.05, 3.63) is 77.8 Å². The van der Waals surface area contributed by atoms with Gasteiger partial charge >= 0.3 is 11.4 Å². The number of hydrogen-bond acceptors (Lipinski definition) is 9. The lowest BCUT2D eigenvalue weighted by molar-refractivity contribution is -0.605. The first kappa shape index (κ1) is 19.9. The maximum atomic E-state index is 10.6. The van der Waals surface area contributed by atoms with Crippen molar-refractivity contribution in [3.63, 3.8) is 0 Å². The van der Waals surface area contributed by atoms with E-state index in [1.807, 2.05) is 0 Å². The van der Waals surface area contributed by atoms with Crippen LogP contribution in [-0.2, 0) is 0 Å². The summed E-state index contributed by atoms with van der Waals surface area (Å²) in [5.41, 5.74) is -2.56. The molecule has 1 aromatic carbocycles. The number of rotatable bonds is 4. The molecule has 0 aliphatic rings. The summed E-state index contributed by atoms with van der Waals surface area (Å²) in [4.78, 5) is 38.4. The third-order valence-corrected chi connectivity index (χ3v) is 2.84. The summed E-state index contributed by atoms with van der Waals surface area (Å²) in [6, 6.07) is 4.05. The molecule has 2 aromatic rings. The number of phenols is 1. The number of aromatic nitrogens is 1. The molecule has 13 heteroatoms. The molecular formula is C13H10N4O9. The van der Waals surface area contributed by atoms with Gasteiger partial charge in [0.05, 0.1) is 32.5 Å². The van der Waals surface area contributed by atoms with Crippen molar-refractivity contribution in [1.29, 1.82) is 0 Å². The highest BCUT2D eigenvalue weighted by molar-refractivity contribution is 5.93. The second kappa shape index (κ2) is 8.09. The first-order chi connectivity index (χ1) is 12.0. The van der Waals surface area contributed by atoms with E-state index in [1.54, 1.807) is 12.1 Å². The molecule has 0 amide bonds. The molecule has 13 nitrogen and oxygen atoms in total. The highest BCUT2D eigenvalue weighted by Crippen LogP contribution is 2.38. The van der Waals surface area contributed by atoms with Crippen molar-refractivity contribution in [1.82, 2.24) is 0 Å². The van der Waals surface area contributed by atoms with Crippen LogP contribution < -0.4 is 4.73 Å². The molecule has 0 spiro atoms. The molecule has 0 aliphatic heterocycles. The fourth-order valence-electron chi connectivity index (χ4n) is 1.64. The summed E-state index contributed by atoms with van der Waals surface area (Å²) in [5, 5.41) is 50.8. The Morgan fingerprint density at radius 3 is 1.85 bits per heavy atom. The minimum absolute atomic E-state index is 0.0924. The molecule has 0 bridgehead atoms. The van der Waals surface area contributed by atoms with Gasteiger partial charge in [0.1, 0.15) is 0 Å². The van der Waals surface area contributed by atoms with E-state index >= 15 is 0 Å². The number of pyridine rings is 1. The lowest BCUT2D eigenvalue weighted by Crippen LogP contribution is -2.25. The number of carbonyl (C=O) groups excluding carboxylic acids is 1. The van der Waals surface area contributed by atoms with Crippen LogP contribution in [0.1, 0.15) is 17.3 Å². The summed E-state index contributed by atoms with van der Waals surface area (Å²) >= 11 is 0. The molecule has 1 heterocycles. The van der Waals surface area contributed by atoms with Crippen LogP contribution in [0.5, 0.6) is 5.75 Å². The lowest BCUT2D eigenvalue weighted by atomic mass is 10.2. The number of ketones is 1. The second-order valence-electron chi connectivity index (χ2n) is 4.61. The Labute approximate surface area is 143 Å². The fraction of sp³-hybridized carbons (Fsp3) is 0.0769. The van der Waals surface area contributed by atoms with E-state index < -0.39 is 37.6 Å². The Kier molecular flexibility index (Phi) is 6.19. The van der Waals surface area contributed by atoms with Crippen molar-refractivity contribution in [2.45, 2.75) is 6.92 Å². The van der Waals surface area contributed by atoms with E-state index in [4.69, 9.17) is 5.11 Å². The van der Waals surface area contributed by atoms with Gasteiger partial charge in [-0.1, -0.05) is 0 Å². The third-order valence-electron chi connectivity index (χ3n) is 2.84. The number of benzene rings is 1. The number of Topliss-reactive ketones (excluding diaryl/α,β-unsaturated/α-hetero) is 1. The van der Waals surface area contributed by atoms with Crippen molar-refractivity contribution in [2.24, 2.45) is 0 Å². The molecule has 136 valence electrons. The van der Waals surface area contributed by atoms with E-state index in [2.05, 4.69) is 0 Å². The fourth-order valence-corrected chi connectivity index (χ4v) is 1.64. The minimum atomic E-state index is -1.21. The van der Waals surface area contributed by atoms with Crippen LogP contribution >= 0.6 is 0 Å². The van der Waals surface area contributed by atoms with Gasteiger partial charge in [-0.15, -0.1) is 0 Å². The Balaban J connectivity index is 0.000000289. The normalized spacial score (nSPS) is 9.58. The Morgan fingerprint density at radius 1 is 1.04 bits per heavy atom. The second-order valence-corrected chi connectivity index (χ2v) is 4.61. The number of carbonyl (C=O) groups is 1. The van der Waals surface area contributed by atoms with Crippen molar-refractivity contribution in [3.8, 4) is 5.75 Å². The topological polar surface area (TPSA) is 194 Å². The standard InChI is InChI=1S/C7H7NO2.C6H3N3O7/c1-6(9)7-3-2-4-8(10)5-7;10-6-4(8(13)14)1-3(7(11)12)2-5(6)9(15)16/h2-5H,1H3;1-2,10H. The molecule has 0 radical (unpaired) electrons. The predicted molar refractivity (Wildman–Crippen MR) is 83.5 cm³/mol. The number of nitrogens with zero attached hydrogens (tertiary/aromatic N) is 4. The Morgan fingerprint density at radius 2 is 1.54 bits per heavy atom. The molecule has 0 atom stereocenters. The largest absolute Gasteiger partial charge is 0.619 e. The van der Waals surface area contributed by atoms with Gasteiger partial charge < -0.3 is 10.3 Å². The van der Waals surface area contributed by atoms with Gasteiger partial charge in [-0.05, 0) is 13.0 Å². The van der Waals surface area contributed by atoms with Gasteiger partial charge in [-0.25, -0.2) is 0 Å². The highest BCUT2D eigenvalue weighted by atomic mass is 16.6. The zero-order valence-electron chi connectivity index (χ0n) is 13.0. The summed E-state index contributed by atoms with van der Waals surface area (Å²) in [6.07, 6.45) is 2.59. The molecular weight excluding hydrogens is 356 g/mol. The number of phenolic OH excluding ortho intramolecular Hbond substituents is 1. The van der Waals surface area contributed by atoms with Gasteiger partial charge in [-0.3, -0.25) is 35.1 Å². The van der Waals surface area contributed by atoms with E-state index in [0.717, 1.165) is 0 Å². The monoisotopic (exact) mass is 366 g/mol. The molecule has 0 aliphatic carbocycles. The van der Waals surface area contributed by atoms with Crippen LogP contribution in [0.4, 0.5) is 17.1 Å². The number of nitro groups is 3. The van der Waals surface area contributed by atoms with Gasteiger partial charge in [0.25, 0.3) is 11.4 Å². The van der Waals surface area contributed by atoms with E-state index in [9.17, 15) is 40.3 Å². The zero-order chi connectivity index (χ0) is 20.0. The summed E-state index contributed by atoms with van der Waals surface area (Å²) in [5.74, 6) is -1.30. The van der Waals surface area contributed by atoms with Crippen LogP contribution in [0.15, 0.2) is 36.7 Å². The first-order valence-corrected chi connectivity index (χ1v) is 6.54. The Bertz CT molecular complexity index is 862. The quantitative estimate of drug-likeness (QED) is 0.275. The summed E-state index contributed by atoms with van der Waals surface area (Å²) in [6.45, 7) is 1.43. The first-order valence-electron chi connectivity index (χ1n) is 6.54. The third kappa shape index (κ3) is 4.92. The van der Waals surface area contributed by atoms with Gasteiger partial charge in [0, 0.05) is 6.07 Å². The number of nitro benzene ring substituents is 3. The van der Waals surface area contributed by atoms with Gasteiger partial charge in [-0.2, -0.15) is 4.73 Å². The SMILES string of the molecule is CC(=O)c1ccc[n+]([O-])c1.O=[N+]([O-])c1cc([N+](=O)[O-])c(O)c([N+](=O)[O-])c1. The smallest absolute Gasteiger partial charge is 0.324 e. The predicted octanol–water partition coefficient (Wildman–Crippen LogP) is 1.64. The molecule has 0 fully saturated rings. The lowest BCUT2D eigenvalue weighted by Gasteiger charge is -1.97. The van der Waals surface area contributed by atoms with Crippen LogP contribution in [0.2, 0.25) is 0 Å². The van der Waals surface area contributed by atoms with Crippen molar-refractivity contribution < 1.29 is 29.4 Å². The number of hydrogen-bond donors (Lipinski definition) is 1. The maximum absolute atomic E-state index is 10.6. The average Bonchev–Trinajstić information content (AvgIpc) is 2.54. The van der Waals surface area contributed by atoms with Crippen molar-refractivity contribution in [2.75, 3.05) is 0 Å². The average molecular weight is 366 g/mol. The van der Waals surface area contributed by atoms with Gasteiger partial charge in [0.15, 0.2) is 18.2 Å². The van der Waals surface area contributed by atoms with E-state index in [1.165, 1.54) is 19.3 Å². The molecule has 0 unspecified atom stereocenters.